The van der Waals surface area contributed by atoms with Gasteiger partial charge in [-0.25, -0.2) is 0 Å². The molecule has 0 N–H and O–H groups in total. The molecule has 0 atom stereocenters. The molecule has 1 amide bonds. The van der Waals surface area contributed by atoms with E-state index in [4.69, 9.17) is 0 Å². The number of hydrogen-bond acceptors (Lipinski definition) is 6. The SMILES string of the molecule is O=C(c1ccccc1[N+](=O)[O-])N(Cc1ccccc1)c1nnc(C23CC4CC(CC(C4)C2)C3)s1. The van der Waals surface area contributed by atoms with Crippen molar-refractivity contribution in [1.82, 2.24) is 10.2 Å². The highest BCUT2D eigenvalue weighted by molar-refractivity contribution is 7.15. The van der Waals surface area contributed by atoms with E-state index in [0.29, 0.717) is 5.13 Å². The maximum atomic E-state index is 13.7. The quantitative estimate of drug-likeness (QED) is 0.335. The van der Waals surface area contributed by atoms with Crippen LogP contribution in [0.5, 0.6) is 0 Å². The summed E-state index contributed by atoms with van der Waals surface area (Å²) in [6.45, 7) is 0.279. The van der Waals surface area contributed by atoms with E-state index >= 15 is 0 Å². The van der Waals surface area contributed by atoms with Crippen LogP contribution in [0.15, 0.2) is 54.6 Å². The Morgan fingerprint density at radius 1 is 0.971 bits per heavy atom. The Hall–Kier alpha value is -3.13. The molecule has 0 unspecified atom stereocenters. The number of amides is 1. The molecule has 0 saturated heterocycles. The summed E-state index contributed by atoms with van der Waals surface area (Å²) in [5, 5.41) is 22.3. The van der Waals surface area contributed by atoms with Crippen LogP contribution in [0.3, 0.4) is 0 Å². The molecule has 4 bridgehead atoms. The van der Waals surface area contributed by atoms with Crippen molar-refractivity contribution in [3.05, 3.63) is 80.8 Å². The molecule has 4 aliphatic carbocycles. The number of nitro groups is 1. The van der Waals surface area contributed by atoms with E-state index in [1.165, 1.54) is 62.0 Å². The summed E-state index contributed by atoms with van der Waals surface area (Å²) < 4.78 is 0. The van der Waals surface area contributed by atoms with Crippen molar-refractivity contribution in [2.75, 3.05) is 4.90 Å². The molecule has 1 heterocycles. The first kappa shape index (κ1) is 21.4. The van der Waals surface area contributed by atoms with Crippen LogP contribution in [0.2, 0.25) is 0 Å². The fourth-order valence-electron chi connectivity index (χ4n) is 6.86. The number of benzene rings is 2. The van der Waals surface area contributed by atoms with Gasteiger partial charge < -0.3 is 0 Å². The first-order valence-corrected chi connectivity index (χ1v) is 12.8. The Morgan fingerprint density at radius 2 is 1.59 bits per heavy atom. The molecule has 4 fully saturated rings. The Balaban J connectivity index is 1.37. The van der Waals surface area contributed by atoms with Crippen LogP contribution in [0.4, 0.5) is 10.8 Å². The molecule has 8 heteroatoms. The molecule has 174 valence electrons. The average Bonchev–Trinajstić information content (AvgIpc) is 3.33. The van der Waals surface area contributed by atoms with Crippen LogP contribution in [-0.4, -0.2) is 21.0 Å². The van der Waals surface area contributed by atoms with Gasteiger partial charge in [0.25, 0.3) is 11.6 Å². The zero-order chi connectivity index (χ0) is 23.3. The highest BCUT2D eigenvalue weighted by Gasteiger charge is 2.53. The summed E-state index contributed by atoms with van der Waals surface area (Å²) in [6.07, 6.45) is 7.56. The number of carbonyl (C=O) groups excluding carboxylic acids is 1. The molecule has 2 aromatic carbocycles. The summed E-state index contributed by atoms with van der Waals surface area (Å²) >= 11 is 1.50. The zero-order valence-electron chi connectivity index (χ0n) is 18.8. The lowest BCUT2D eigenvalue weighted by atomic mass is 9.50. The molecular weight excluding hydrogens is 448 g/mol. The van der Waals surface area contributed by atoms with Gasteiger partial charge in [-0.1, -0.05) is 53.8 Å². The molecule has 0 spiro atoms. The average molecular weight is 475 g/mol. The van der Waals surface area contributed by atoms with E-state index < -0.39 is 10.8 Å². The largest absolute Gasteiger partial charge is 0.282 e. The summed E-state index contributed by atoms with van der Waals surface area (Å²) in [5.41, 5.74) is 0.887. The number of aromatic nitrogens is 2. The van der Waals surface area contributed by atoms with Crippen LogP contribution in [-0.2, 0) is 12.0 Å². The summed E-state index contributed by atoms with van der Waals surface area (Å²) in [5.74, 6) is 1.93. The van der Waals surface area contributed by atoms with Gasteiger partial charge in [0.05, 0.1) is 11.5 Å². The summed E-state index contributed by atoms with van der Waals surface area (Å²) in [4.78, 5) is 26.4. The minimum atomic E-state index is -0.505. The van der Waals surface area contributed by atoms with Crippen molar-refractivity contribution < 1.29 is 9.72 Å². The highest BCUT2D eigenvalue weighted by atomic mass is 32.1. The Morgan fingerprint density at radius 3 is 2.24 bits per heavy atom. The van der Waals surface area contributed by atoms with Crippen LogP contribution in [0.1, 0.15) is 59.5 Å². The molecule has 3 aromatic rings. The van der Waals surface area contributed by atoms with E-state index in [1.54, 1.807) is 17.0 Å². The van der Waals surface area contributed by atoms with Crippen LogP contribution < -0.4 is 4.90 Å². The van der Waals surface area contributed by atoms with Crippen molar-refractivity contribution in [2.24, 2.45) is 17.8 Å². The van der Waals surface area contributed by atoms with E-state index in [9.17, 15) is 14.9 Å². The van der Waals surface area contributed by atoms with E-state index in [0.717, 1.165) is 28.3 Å². The minimum absolute atomic E-state index is 0.0648. The van der Waals surface area contributed by atoms with E-state index in [2.05, 4.69) is 10.2 Å². The van der Waals surface area contributed by atoms with E-state index in [-0.39, 0.29) is 23.2 Å². The van der Waals surface area contributed by atoms with Crippen molar-refractivity contribution in [2.45, 2.75) is 50.5 Å². The number of carbonyl (C=O) groups is 1. The number of hydrogen-bond donors (Lipinski definition) is 0. The third kappa shape index (κ3) is 3.70. The molecule has 1 aromatic heterocycles. The standard InChI is InChI=1S/C26H26N4O3S/c31-23(21-8-4-5-9-22(21)30(32)33)29(16-17-6-2-1-3-7-17)25-28-27-24(34-25)26-13-18-10-19(14-26)12-20(11-18)15-26/h1-9,18-20H,10-16H2. The predicted molar refractivity (Wildman–Crippen MR) is 130 cm³/mol. The van der Waals surface area contributed by atoms with Crippen LogP contribution in [0.25, 0.3) is 0 Å². The Labute approximate surface area is 202 Å². The molecule has 0 radical (unpaired) electrons. The number of nitrogens with zero attached hydrogens (tertiary/aromatic N) is 4. The Kier molecular flexibility index (Phi) is 5.21. The highest BCUT2D eigenvalue weighted by Crippen LogP contribution is 2.61. The van der Waals surface area contributed by atoms with Gasteiger partial charge >= 0.3 is 0 Å². The zero-order valence-corrected chi connectivity index (χ0v) is 19.6. The van der Waals surface area contributed by atoms with Gasteiger partial charge in [-0.3, -0.25) is 19.8 Å². The number of para-hydroxylation sites is 1. The third-order valence-corrected chi connectivity index (χ3v) is 9.09. The number of nitro benzene ring substituents is 1. The van der Waals surface area contributed by atoms with Crippen molar-refractivity contribution in [3.8, 4) is 0 Å². The third-order valence-electron chi connectivity index (χ3n) is 7.90. The lowest BCUT2D eigenvalue weighted by molar-refractivity contribution is -0.385. The molecule has 0 aliphatic heterocycles. The fraction of sp³-hybridized carbons (Fsp3) is 0.423. The van der Waals surface area contributed by atoms with Gasteiger partial charge in [-0.2, -0.15) is 0 Å². The molecule has 34 heavy (non-hydrogen) atoms. The first-order valence-electron chi connectivity index (χ1n) is 11.9. The number of rotatable bonds is 6. The lowest BCUT2D eigenvalue weighted by Gasteiger charge is -2.55. The fourth-order valence-corrected chi connectivity index (χ4v) is 7.92. The summed E-state index contributed by atoms with van der Waals surface area (Å²) in [7, 11) is 0. The van der Waals surface area contributed by atoms with Gasteiger partial charge in [0.15, 0.2) is 0 Å². The molecular formula is C26H26N4O3S. The number of anilines is 1. The molecule has 4 aliphatic rings. The van der Waals surface area contributed by atoms with Gasteiger partial charge in [0, 0.05) is 11.5 Å². The van der Waals surface area contributed by atoms with E-state index in [1.807, 2.05) is 30.3 Å². The second-order valence-electron chi connectivity index (χ2n) is 10.2. The second-order valence-corrected chi connectivity index (χ2v) is 11.2. The van der Waals surface area contributed by atoms with Crippen molar-refractivity contribution in [3.63, 3.8) is 0 Å². The molecule has 7 rings (SSSR count). The maximum absolute atomic E-state index is 13.7. The van der Waals surface area contributed by atoms with Crippen LogP contribution in [0, 0.1) is 27.9 Å². The second kappa shape index (κ2) is 8.27. The maximum Gasteiger partial charge on any atom is 0.282 e. The lowest BCUT2D eigenvalue weighted by Crippen LogP contribution is -2.48. The van der Waals surface area contributed by atoms with Crippen LogP contribution >= 0.6 is 11.3 Å². The topological polar surface area (TPSA) is 89.2 Å². The van der Waals surface area contributed by atoms with Gasteiger partial charge in [-0.05, 0) is 67.9 Å². The smallest absolute Gasteiger partial charge is 0.278 e. The normalized spacial score (nSPS) is 27.0. The van der Waals surface area contributed by atoms with Crippen molar-refractivity contribution in [1.29, 1.82) is 0 Å². The minimum Gasteiger partial charge on any atom is -0.278 e. The first-order chi connectivity index (χ1) is 16.5. The van der Waals surface area contributed by atoms with Gasteiger partial charge in [-0.15, -0.1) is 10.2 Å². The Bertz CT molecular complexity index is 1210. The predicted octanol–water partition coefficient (Wildman–Crippen LogP) is 5.76. The molecule has 7 nitrogen and oxygen atoms in total. The van der Waals surface area contributed by atoms with Crippen molar-refractivity contribution >= 4 is 28.1 Å². The van der Waals surface area contributed by atoms with Gasteiger partial charge in [0.1, 0.15) is 10.6 Å². The molecule has 4 saturated carbocycles. The summed E-state index contributed by atoms with van der Waals surface area (Å²) in [6, 6.07) is 15.8. The monoisotopic (exact) mass is 474 g/mol. The van der Waals surface area contributed by atoms with Gasteiger partial charge in [0.2, 0.25) is 5.13 Å².